The van der Waals surface area contributed by atoms with Gasteiger partial charge in [-0.2, -0.15) is 0 Å². The van der Waals surface area contributed by atoms with Crippen LogP contribution in [0.25, 0.3) is 0 Å². The van der Waals surface area contributed by atoms with E-state index in [1.165, 1.54) is 43.9 Å². The first-order valence-corrected chi connectivity index (χ1v) is 14.2. The number of unbranched alkanes of at least 4 members (excludes halogenated alkanes) is 6. The van der Waals surface area contributed by atoms with Gasteiger partial charge in [-0.1, -0.05) is 52.4 Å². The first-order chi connectivity index (χ1) is 19.5. The topological polar surface area (TPSA) is 93.7 Å². The van der Waals surface area contributed by atoms with Crippen LogP contribution in [0.1, 0.15) is 85.9 Å². The van der Waals surface area contributed by atoms with E-state index in [9.17, 15) is 14.4 Å². The second kappa shape index (κ2) is 16.7. The average molecular weight is 545 g/mol. The number of ether oxygens (including phenoxy) is 2. The maximum atomic E-state index is 12.7. The highest BCUT2D eigenvalue weighted by Crippen LogP contribution is 2.17. The normalized spacial score (nSPS) is 10.6. The Kier molecular flexibility index (Phi) is 12.7. The molecule has 7 nitrogen and oxygen atoms in total. The number of benzene rings is 2. The summed E-state index contributed by atoms with van der Waals surface area (Å²) in [6, 6.07) is 19.7. The summed E-state index contributed by atoms with van der Waals surface area (Å²) in [6.07, 6.45) is 9.03. The van der Waals surface area contributed by atoms with Crippen LogP contribution in [0.4, 0.5) is 11.4 Å². The molecule has 3 aromatic carbocycles. The van der Waals surface area contributed by atoms with Gasteiger partial charge >= 0.3 is 0 Å². The fourth-order valence-electron chi connectivity index (χ4n) is 3.99. The van der Waals surface area contributed by atoms with Crippen LogP contribution in [0.2, 0.25) is 0 Å². The van der Waals surface area contributed by atoms with E-state index in [1.54, 1.807) is 54.6 Å². The Bertz CT molecular complexity index is 1270. The maximum Gasteiger partial charge on any atom is 0.255 e. The Morgan fingerprint density at radius 1 is 0.575 bits per heavy atom. The molecule has 7 heteroatoms. The third kappa shape index (κ3) is 10.2. The molecule has 3 aromatic rings. The average Bonchev–Trinajstić information content (AvgIpc) is 3.14. The first-order valence-electron chi connectivity index (χ1n) is 14.2. The fraction of sp³-hybridized carbons (Fsp3) is 0.364. The molecule has 212 valence electrons. The van der Waals surface area contributed by atoms with Gasteiger partial charge in [0.25, 0.3) is 11.8 Å². The van der Waals surface area contributed by atoms with Gasteiger partial charge < -0.3 is 20.1 Å². The van der Waals surface area contributed by atoms with Gasteiger partial charge in [0, 0.05) is 16.8 Å². The molecule has 0 saturated heterocycles. The smallest absolute Gasteiger partial charge is 0.255 e. The molecule has 40 heavy (non-hydrogen) atoms. The van der Waals surface area contributed by atoms with E-state index in [1.807, 2.05) is 0 Å². The second-order valence-electron chi connectivity index (χ2n) is 9.68. The highest BCUT2D eigenvalue weighted by molar-refractivity contribution is 6.05. The molecule has 0 aliphatic heterocycles. The Hall–Kier alpha value is -4.13. The van der Waals surface area contributed by atoms with Crippen LogP contribution in [0, 0.1) is 0 Å². The molecule has 0 bridgehead atoms. The lowest BCUT2D eigenvalue weighted by Crippen LogP contribution is -2.16. The molecule has 0 aromatic heterocycles. The van der Waals surface area contributed by atoms with E-state index in [-0.39, 0.29) is 17.0 Å². The summed E-state index contributed by atoms with van der Waals surface area (Å²) >= 11 is 0. The third-order valence-electron chi connectivity index (χ3n) is 6.38. The van der Waals surface area contributed by atoms with Gasteiger partial charge in [0.05, 0.1) is 18.9 Å². The van der Waals surface area contributed by atoms with Crippen molar-refractivity contribution in [3.05, 3.63) is 94.1 Å². The van der Waals surface area contributed by atoms with Crippen molar-refractivity contribution in [2.24, 2.45) is 0 Å². The highest BCUT2D eigenvalue weighted by atomic mass is 16.5. The van der Waals surface area contributed by atoms with E-state index in [0.29, 0.717) is 35.8 Å². The predicted molar refractivity (Wildman–Crippen MR) is 161 cm³/mol. The second-order valence-corrected chi connectivity index (χ2v) is 9.68. The first kappa shape index (κ1) is 30.4. The molecule has 0 spiro atoms. The molecule has 2 N–H and O–H groups in total. The van der Waals surface area contributed by atoms with E-state index in [0.717, 1.165) is 31.4 Å². The zero-order valence-corrected chi connectivity index (χ0v) is 23.5. The van der Waals surface area contributed by atoms with Crippen molar-refractivity contribution in [2.45, 2.75) is 65.2 Å². The largest absolute Gasteiger partial charge is 0.494 e. The SMILES string of the molecule is CCCCCCOc1ccc(C(=O)Nc2ccc(NC(=O)c3ccc(OCCCCCC)cc3)c(=O)cc2)cc1. The van der Waals surface area contributed by atoms with Crippen LogP contribution in [0.15, 0.2) is 77.6 Å². The Labute approximate surface area is 236 Å². The van der Waals surface area contributed by atoms with Gasteiger partial charge in [-0.25, -0.2) is 0 Å². The number of rotatable bonds is 16. The molecule has 0 unspecified atom stereocenters. The zero-order valence-electron chi connectivity index (χ0n) is 23.5. The summed E-state index contributed by atoms with van der Waals surface area (Å²) in [7, 11) is 0. The number of carbonyl (C=O) groups is 2. The Morgan fingerprint density at radius 3 is 1.55 bits per heavy atom. The van der Waals surface area contributed by atoms with E-state index >= 15 is 0 Å². The minimum atomic E-state index is -0.406. The molecular formula is C33H40N2O5. The van der Waals surface area contributed by atoms with E-state index in [4.69, 9.17) is 9.47 Å². The molecule has 0 aliphatic rings. The summed E-state index contributed by atoms with van der Waals surface area (Å²) in [6.45, 7) is 5.63. The van der Waals surface area contributed by atoms with Crippen molar-refractivity contribution in [1.82, 2.24) is 0 Å². The quantitative estimate of drug-likeness (QED) is 0.182. The van der Waals surface area contributed by atoms with Crippen LogP contribution < -0.4 is 25.5 Å². The molecule has 0 heterocycles. The fourth-order valence-corrected chi connectivity index (χ4v) is 3.99. The number of hydrogen-bond acceptors (Lipinski definition) is 5. The molecule has 0 saturated carbocycles. The Morgan fingerprint density at radius 2 is 1.05 bits per heavy atom. The van der Waals surface area contributed by atoms with Crippen molar-refractivity contribution >= 4 is 23.2 Å². The lowest BCUT2D eigenvalue weighted by atomic mass is 10.2. The van der Waals surface area contributed by atoms with Crippen molar-refractivity contribution in [3.8, 4) is 11.5 Å². The molecule has 3 rings (SSSR count). The van der Waals surface area contributed by atoms with Crippen LogP contribution in [-0.2, 0) is 0 Å². The summed E-state index contributed by atoms with van der Waals surface area (Å²) in [5, 5.41) is 5.45. The number of anilines is 2. The summed E-state index contributed by atoms with van der Waals surface area (Å²) in [5.41, 5.74) is 1.04. The van der Waals surface area contributed by atoms with E-state index in [2.05, 4.69) is 24.5 Å². The van der Waals surface area contributed by atoms with Gasteiger partial charge in [0.15, 0.2) is 0 Å². The molecule has 0 radical (unpaired) electrons. The molecule has 0 aliphatic carbocycles. The van der Waals surface area contributed by atoms with Gasteiger partial charge in [-0.05, 0) is 85.6 Å². The number of amides is 2. The van der Waals surface area contributed by atoms with Gasteiger partial charge in [-0.15, -0.1) is 0 Å². The monoisotopic (exact) mass is 544 g/mol. The standard InChI is InChI=1S/C33H40N2O5/c1-3-5-7-9-23-39-28-17-11-25(12-18-28)32(37)34-27-15-21-30(31(36)22-16-27)35-33(38)26-13-19-29(20-14-26)40-24-10-8-6-4-2/h11-22H,3-10,23-24H2,1-2H3,(H,34,37)(H,35,36,38). The maximum absolute atomic E-state index is 12.7. The highest BCUT2D eigenvalue weighted by Gasteiger charge is 2.10. The number of nitrogens with one attached hydrogen (secondary N) is 2. The molecule has 2 amide bonds. The third-order valence-corrected chi connectivity index (χ3v) is 6.38. The Balaban J connectivity index is 1.53. The van der Waals surface area contributed by atoms with Crippen molar-refractivity contribution in [1.29, 1.82) is 0 Å². The number of hydrogen-bond donors (Lipinski definition) is 2. The predicted octanol–water partition coefficient (Wildman–Crippen LogP) is 7.47. The van der Waals surface area contributed by atoms with Crippen molar-refractivity contribution in [2.75, 3.05) is 23.8 Å². The minimum absolute atomic E-state index is 0.113. The van der Waals surface area contributed by atoms with E-state index < -0.39 is 5.91 Å². The molecule has 0 atom stereocenters. The van der Waals surface area contributed by atoms with Gasteiger partial charge in [0.2, 0.25) is 5.43 Å². The van der Waals surface area contributed by atoms with Crippen LogP contribution in [0.3, 0.4) is 0 Å². The van der Waals surface area contributed by atoms with Crippen molar-refractivity contribution < 1.29 is 19.1 Å². The van der Waals surface area contributed by atoms with Crippen LogP contribution in [-0.4, -0.2) is 25.0 Å². The van der Waals surface area contributed by atoms with Crippen LogP contribution >= 0.6 is 0 Å². The lowest BCUT2D eigenvalue weighted by Gasteiger charge is -2.08. The van der Waals surface area contributed by atoms with Gasteiger partial charge in [0.1, 0.15) is 11.5 Å². The van der Waals surface area contributed by atoms with Crippen LogP contribution in [0.5, 0.6) is 11.5 Å². The summed E-state index contributed by atoms with van der Waals surface area (Å²) < 4.78 is 11.5. The summed E-state index contributed by atoms with van der Waals surface area (Å²) in [5.74, 6) is 0.705. The lowest BCUT2D eigenvalue weighted by molar-refractivity contribution is 0.101. The zero-order chi connectivity index (χ0) is 28.6. The molecular weight excluding hydrogens is 504 g/mol. The molecule has 0 fully saturated rings. The van der Waals surface area contributed by atoms with Gasteiger partial charge in [-0.3, -0.25) is 14.4 Å². The summed E-state index contributed by atoms with van der Waals surface area (Å²) in [4.78, 5) is 38.0. The minimum Gasteiger partial charge on any atom is -0.494 e. The number of carbonyl (C=O) groups excluding carboxylic acids is 2. The van der Waals surface area contributed by atoms with Crippen molar-refractivity contribution in [3.63, 3.8) is 0 Å².